The summed E-state index contributed by atoms with van der Waals surface area (Å²) >= 11 is 0. The lowest BCUT2D eigenvalue weighted by Crippen LogP contribution is -2.37. The number of carbonyl (C=O) groups is 2. The van der Waals surface area contributed by atoms with Crippen LogP contribution >= 0.6 is 0 Å². The van der Waals surface area contributed by atoms with E-state index in [1.54, 1.807) is 0 Å². The number of aromatic nitrogens is 2. The van der Waals surface area contributed by atoms with E-state index >= 15 is 0 Å². The highest BCUT2D eigenvalue weighted by molar-refractivity contribution is 5.85. The molecule has 0 saturated heterocycles. The number of likely N-dealkylation sites (N-methyl/N-ethyl adjacent to an activating group) is 1. The number of nitrogens with zero attached hydrogens (tertiary/aromatic N) is 2. The molecule has 6 nitrogen and oxygen atoms in total. The largest absolute Gasteiger partial charge is 0.355 e. The molecule has 112 valence electrons. The van der Waals surface area contributed by atoms with Crippen molar-refractivity contribution in [3.63, 3.8) is 0 Å². The van der Waals surface area contributed by atoms with Crippen molar-refractivity contribution in [2.24, 2.45) is 0 Å². The molecule has 2 aromatic rings. The van der Waals surface area contributed by atoms with Crippen LogP contribution in [0.5, 0.6) is 0 Å². The Morgan fingerprint density at radius 3 is 2.81 bits per heavy atom. The molecule has 0 radical (unpaired) electrons. The molecule has 0 aliphatic heterocycles. The Kier molecular flexibility index (Phi) is 4.92. The maximum absolute atomic E-state index is 11.7. The molecule has 0 fully saturated rings. The van der Waals surface area contributed by atoms with E-state index in [4.69, 9.17) is 0 Å². The van der Waals surface area contributed by atoms with Crippen LogP contribution in [0.2, 0.25) is 0 Å². The molecule has 0 bridgehead atoms. The van der Waals surface area contributed by atoms with Gasteiger partial charge in [-0.1, -0.05) is 12.1 Å². The summed E-state index contributed by atoms with van der Waals surface area (Å²) in [4.78, 5) is 23.0. The first-order valence-electron chi connectivity index (χ1n) is 7.06. The topological polar surface area (TPSA) is 76.0 Å². The van der Waals surface area contributed by atoms with E-state index in [-0.39, 0.29) is 18.4 Å². The van der Waals surface area contributed by atoms with Gasteiger partial charge in [-0.15, -0.1) is 0 Å². The van der Waals surface area contributed by atoms with E-state index < -0.39 is 0 Å². The summed E-state index contributed by atoms with van der Waals surface area (Å²) in [5.74, 6) is -0.330. The molecule has 0 aliphatic rings. The van der Waals surface area contributed by atoms with Gasteiger partial charge in [-0.2, -0.15) is 5.10 Å². The molecular formula is C15H20N4O2. The predicted octanol–water partition coefficient (Wildman–Crippen LogP) is 0.987. The first kappa shape index (κ1) is 15.0. The predicted molar refractivity (Wildman–Crippen MR) is 80.8 cm³/mol. The summed E-state index contributed by atoms with van der Waals surface area (Å²) in [6.07, 6.45) is 2.11. The van der Waals surface area contributed by atoms with Crippen molar-refractivity contribution in [1.82, 2.24) is 20.4 Å². The van der Waals surface area contributed by atoms with Crippen molar-refractivity contribution in [2.75, 3.05) is 13.1 Å². The monoisotopic (exact) mass is 288 g/mol. The lowest BCUT2D eigenvalue weighted by molar-refractivity contribution is -0.126. The number of amides is 2. The van der Waals surface area contributed by atoms with Crippen molar-refractivity contribution in [2.45, 2.75) is 26.8 Å². The van der Waals surface area contributed by atoms with Crippen LogP contribution in [0.4, 0.5) is 0 Å². The Labute approximate surface area is 123 Å². The summed E-state index contributed by atoms with van der Waals surface area (Å²) in [6, 6.07) is 6.00. The number of benzene rings is 1. The molecule has 1 aromatic heterocycles. The highest BCUT2D eigenvalue weighted by Gasteiger charge is 2.08. The Hall–Kier alpha value is -2.37. The van der Waals surface area contributed by atoms with Gasteiger partial charge in [0.15, 0.2) is 0 Å². The van der Waals surface area contributed by atoms with Crippen LogP contribution in [0.15, 0.2) is 24.4 Å². The van der Waals surface area contributed by atoms with Gasteiger partial charge >= 0.3 is 0 Å². The fraction of sp³-hybridized carbons (Fsp3) is 0.400. The molecular weight excluding hydrogens is 268 g/mol. The summed E-state index contributed by atoms with van der Waals surface area (Å²) in [7, 11) is 0. The van der Waals surface area contributed by atoms with E-state index in [1.807, 2.05) is 42.9 Å². The minimum absolute atomic E-state index is 0.0195. The number of fused-ring (bicyclic) bond motifs is 1. The SMILES string of the molecule is CCNC(=O)CNC(=O)CCn1ncc2c(C)cccc21. The van der Waals surface area contributed by atoms with Crippen LogP contribution in [0.1, 0.15) is 18.9 Å². The molecule has 0 saturated carbocycles. The molecule has 2 amide bonds. The first-order chi connectivity index (χ1) is 10.1. The number of aryl methyl sites for hydroxylation is 2. The molecule has 6 heteroatoms. The van der Waals surface area contributed by atoms with Crippen molar-refractivity contribution in [1.29, 1.82) is 0 Å². The van der Waals surface area contributed by atoms with Crippen molar-refractivity contribution >= 4 is 22.7 Å². The van der Waals surface area contributed by atoms with Crippen LogP contribution in [0, 0.1) is 6.92 Å². The number of carbonyl (C=O) groups excluding carboxylic acids is 2. The summed E-state index contributed by atoms with van der Waals surface area (Å²) < 4.78 is 1.81. The minimum atomic E-state index is -0.175. The lowest BCUT2D eigenvalue weighted by atomic mass is 10.1. The average Bonchev–Trinajstić information content (AvgIpc) is 2.88. The second kappa shape index (κ2) is 6.88. The van der Waals surface area contributed by atoms with Gasteiger partial charge in [0.25, 0.3) is 0 Å². The van der Waals surface area contributed by atoms with Gasteiger partial charge in [0, 0.05) is 18.4 Å². The van der Waals surface area contributed by atoms with Gasteiger partial charge in [-0.3, -0.25) is 14.3 Å². The van der Waals surface area contributed by atoms with E-state index in [2.05, 4.69) is 15.7 Å². The molecule has 2 N–H and O–H groups in total. The van der Waals surface area contributed by atoms with Crippen LogP contribution in [-0.2, 0) is 16.1 Å². The minimum Gasteiger partial charge on any atom is -0.355 e. The van der Waals surface area contributed by atoms with Crippen LogP contribution in [0.3, 0.4) is 0 Å². The molecule has 1 aromatic carbocycles. The van der Waals surface area contributed by atoms with Gasteiger partial charge in [0.05, 0.1) is 24.8 Å². The van der Waals surface area contributed by atoms with Gasteiger partial charge in [0.2, 0.25) is 11.8 Å². The Bertz CT molecular complexity index is 648. The Morgan fingerprint density at radius 2 is 2.05 bits per heavy atom. The third-order valence-electron chi connectivity index (χ3n) is 3.28. The second-order valence-electron chi connectivity index (χ2n) is 4.86. The van der Waals surface area contributed by atoms with Crippen LogP contribution < -0.4 is 10.6 Å². The number of hydrogen-bond donors (Lipinski definition) is 2. The van der Waals surface area contributed by atoms with E-state index in [1.165, 1.54) is 5.56 Å². The highest BCUT2D eigenvalue weighted by Crippen LogP contribution is 2.17. The van der Waals surface area contributed by atoms with E-state index in [0.29, 0.717) is 19.5 Å². The fourth-order valence-electron chi connectivity index (χ4n) is 2.16. The normalized spacial score (nSPS) is 10.6. The Balaban J connectivity index is 1.88. The molecule has 0 unspecified atom stereocenters. The van der Waals surface area contributed by atoms with Crippen LogP contribution in [-0.4, -0.2) is 34.7 Å². The standard InChI is InChI=1S/C15H20N4O2/c1-3-16-15(21)10-17-14(20)7-8-19-13-6-4-5-11(2)12(13)9-18-19/h4-6,9H,3,7-8,10H2,1-2H3,(H,16,21)(H,17,20). The van der Waals surface area contributed by atoms with Crippen LogP contribution in [0.25, 0.3) is 10.9 Å². The molecule has 21 heavy (non-hydrogen) atoms. The highest BCUT2D eigenvalue weighted by atomic mass is 16.2. The molecule has 0 aliphatic carbocycles. The van der Waals surface area contributed by atoms with Crippen molar-refractivity contribution in [3.8, 4) is 0 Å². The average molecular weight is 288 g/mol. The smallest absolute Gasteiger partial charge is 0.239 e. The van der Waals surface area contributed by atoms with E-state index in [9.17, 15) is 9.59 Å². The van der Waals surface area contributed by atoms with Crippen molar-refractivity contribution < 1.29 is 9.59 Å². The van der Waals surface area contributed by atoms with Gasteiger partial charge < -0.3 is 10.6 Å². The third-order valence-corrected chi connectivity index (χ3v) is 3.28. The zero-order chi connectivity index (χ0) is 15.2. The fourth-order valence-corrected chi connectivity index (χ4v) is 2.16. The lowest BCUT2D eigenvalue weighted by Gasteiger charge is -2.06. The molecule has 1 heterocycles. The maximum Gasteiger partial charge on any atom is 0.239 e. The number of nitrogens with one attached hydrogen (secondary N) is 2. The molecule has 0 spiro atoms. The van der Waals surface area contributed by atoms with Gasteiger partial charge in [-0.05, 0) is 25.5 Å². The summed E-state index contributed by atoms with van der Waals surface area (Å²) in [5, 5.41) is 10.6. The molecule has 2 rings (SSSR count). The summed E-state index contributed by atoms with van der Waals surface area (Å²) in [5.41, 5.74) is 2.19. The number of rotatable bonds is 6. The second-order valence-corrected chi connectivity index (χ2v) is 4.86. The Morgan fingerprint density at radius 1 is 1.24 bits per heavy atom. The van der Waals surface area contributed by atoms with E-state index in [0.717, 1.165) is 10.9 Å². The summed E-state index contributed by atoms with van der Waals surface area (Å²) in [6.45, 7) is 4.95. The zero-order valence-corrected chi connectivity index (χ0v) is 12.3. The first-order valence-corrected chi connectivity index (χ1v) is 7.06. The quantitative estimate of drug-likeness (QED) is 0.832. The third kappa shape index (κ3) is 3.81. The van der Waals surface area contributed by atoms with Crippen molar-refractivity contribution in [3.05, 3.63) is 30.0 Å². The molecule has 0 atom stereocenters. The van der Waals surface area contributed by atoms with Gasteiger partial charge in [0.1, 0.15) is 0 Å². The maximum atomic E-state index is 11.7. The number of hydrogen-bond acceptors (Lipinski definition) is 3. The van der Waals surface area contributed by atoms with Gasteiger partial charge in [-0.25, -0.2) is 0 Å². The zero-order valence-electron chi connectivity index (χ0n) is 12.3.